The smallest absolute Gasteiger partial charge is 0.422 e. The van der Waals surface area contributed by atoms with Crippen LogP contribution in [0.15, 0.2) is 72.9 Å². The first-order valence-electron chi connectivity index (χ1n) is 9.19. The summed E-state index contributed by atoms with van der Waals surface area (Å²) in [6.07, 6.45) is -3.30. The zero-order valence-electron chi connectivity index (χ0n) is 16.1. The van der Waals surface area contributed by atoms with Crippen LogP contribution in [0.1, 0.15) is 10.4 Å². The number of aromatic nitrogens is 1. The molecule has 9 heteroatoms. The zero-order valence-corrected chi connectivity index (χ0v) is 16.1. The number of anilines is 1. The number of hydrogen-bond donors (Lipinski definition) is 2. The van der Waals surface area contributed by atoms with Gasteiger partial charge in [0.25, 0.3) is 5.91 Å². The summed E-state index contributed by atoms with van der Waals surface area (Å²) < 4.78 is 40.8. The zero-order chi connectivity index (χ0) is 22.3. The minimum Gasteiger partial charge on any atom is -0.468 e. The molecule has 3 aromatic rings. The first-order chi connectivity index (χ1) is 14.8. The third-order valence-electron chi connectivity index (χ3n) is 4.07. The molecule has 1 heterocycles. The number of benzene rings is 2. The lowest BCUT2D eigenvalue weighted by Gasteiger charge is -2.10. The highest BCUT2D eigenvalue weighted by Crippen LogP contribution is 2.19. The normalized spacial score (nSPS) is 10.9. The van der Waals surface area contributed by atoms with E-state index in [2.05, 4.69) is 20.4 Å². The molecular weight excluding hydrogens is 411 g/mol. The Bertz CT molecular complexity index is 1020. The number of ether oxygens (including phenoxy) is 1. The molecule has 0 bridgehead atoms. The second kappa shape index (κ2) is 9.75. The minimum atomic E-state index is -4.46. The van der Waals surface area contributed by atoms with E-state index in [1.54, 1.807) is 12.1 Å². The molecule has 0 spiro atoms. The van der Waals surface area contributed by atoms with E-state index in [1.165, 1.54) is 12.1 Å². The van der Waals surface area contributed by atoms with E-state index < -0.39 is 24.6 Å². The number of pyridine rings is 1. The van der Waals surface area contributed by atoms with Gasteiger partial charge in [-0.1, -0.05) is 42.5 Å². The Labute approximate surface area is 176 Å². The van der Waals surface area contributed by atoms with Gasteiger partial charge in [-0.15, -0.1) is 0 Å². The molecule has 6 nitrogen and oxygen atoms in total. The molecule has 0 fully saturated rings. The second-order valence-corrected chi connectivity index (χ2v) is 6.46. The molecular formula is C22H18F3N3O3. The standard InChI is InChI=1S/C22H18F3N3O3/c23-22(24,25)14-31-20-11-10-18(12-26-20)28-19(29)13-27-21(30)17-8-6-16(7-9-17)15-4-2-1-3-5-15/h1-12H,13-14H2,(H,27,30)(H,28,29). The maximum absolute atomic E-state index is 12.2. The Hall–Kier alpha value is -3.88. The van der Waals surface area contributed by atoms with Crippen molar-refractivity contribution in [1.29, 1.82) is 0 Å². The van der Waals surface area contributed by atoms with Crippen molar-refractivity contribution in [2.45, 2.75) is 6.18 Å². The number of amides is 2. The molecule has 0 atom stereocenters. The van der Waals surface area contributed by atoms with Crippen LogP contribution in [-0.2, 0) is 4.79 Å². The topological polar surface area (TPSA) is 80.3 Å². The highest BCUT2D eigenvalue weighted by molar-refractivity contribution is 5.99. The Morgan fingerprint density at radius 1 is 0.903 bits per heavy atom. The first-order valence-corrected chi connectivity index (χ1v) is 9.19. The molecule has 0 radical (unpaired) electrons. The van der Waals surface area contributed by atoms with Crippen molar-refractivity contribution in [3.63, 3.8) is 0 Å². The molecule has 0 saturated heterocycles. The van der Waals surface area contributed by atoms with Crippen LogP contribution in [0.5, 0.6) is 5.88 Å². The lowest BCUT2D eigenvalue weighted by atomic mass is 10.0. The number of hydrogen-bond acceptors (Lipinski definition) is 4. The number of nitrogens with zero attached hydrogens (tertiary/aromatic N) is 1. The highest BCUT2D eigenvalue weighted by atomic mass is 19.4. The summed E-state index contributed by atoms with van der Waals surface area (Å²) in [6, 6.07) is 19.2. The van der Waals surface area contributed by atoms with Crippen molar-refractivity contribution in [2.75, 3.05) is 18.5 Å². The minimum absolute atomic E-state index is 0.220. The Morgan fingerprint density at radius 3 is 2.19 bits per heavy atom. The first kappa shape index (κ1) is 21.8. The summed E-state index contributed by atoms with van der Waals surface area (Å²) in [4.78, 5) is 27.9. The van der Waals surface area contributed by atoms with Crippen molar-refractivity contribution in [1.82, 2.24) is 10.3 Å². The second-order valence-electron chi connectivity index (χ2n) is 6.46. The lowest BCUT2D eigenvalue weighted by molar-refractivity contribution is -0.154. The van der Waals surface area contributed by atoms with E-state index in [1.807, 2.05) is 42.5 Å². The Balaban J connectivity index is 1.47. The van der Waals surface area contributed by atoms with Gasteiger partial charge in [0.2, 0.25) is 11.8 Å². The highest BCUT2D eigenvalue weighted by Gasteiger charge is 2.28. The van der Waals surface area contributed by atoms with Gasteiger partial charge in [0.05, 0.1) is 18.4 Å². The summed E-state index contributed by atoms with van der Waals surface area (Å²) in [5.74, 6) is -1.15. The van der Waals surface area contributed by atoms with Crippen LogP contribution in [0.2, 0.25) is 0 Å². The molecule has 0 aliphatic rings. The van der Waals surface area contributed by atoms with E-state index in [4.69, 9.17) is 0 Å². The molecule has 31 heavy (non-hydrogen) atoms. The van der Waals surface area contributed by atoms with Gasteiger partial charge in [0.1, 0.15) is 0 Å². The number of rotatable bonds is 7. The lowest BCUT2D eigenvalue weighted by Crippen LogP contribution is -2.32. The number of carbonyl (C=O) groups is 2. The molecule has 160 valence electrons. The third-order valence-corrected chi connectivity index (χ3v) is 4.07. The molecule has 1 aromatic heterocycles. The fourth-order valence-electron chi connectivity index (χ4n) is 2.61. The van der Waals surface area contributed by atoms with Gasteiger partial charge >= 0.3 is 6.18 Å². The molecule has 0 saturated carbocycles. The van der Waals surface area contributed by atoms with Crippen molar-refractivity contribution in [3.8, 4) is 17.0 Å². The van der Waals surface area contributed by atoms with Gasteiger partial charge in [0.15, 0.2) is 6.61 Å². The van der Waals surface area contributed by atoms with Crippen LogP contribution >= 0.6 is 0 Å². The molecule has 2 amide bonds. The van der Waals surface area contributed by atoms with E-state index >= 15 is 0 Å². The van der Waals surface area contributed by atoms with E-state index in [0.717, 1.165) is 17.3 Å². The maximum Gasteiger partial charge on any atom is 0.422 e. The van der Waals surface area contributed by atoms with Gasteiger partial charge in [0, 0.05) is 11.6 Å². The fraction of sp³-hybridized carbons (Fsp3) is 0.136. The van der Waals surface area contributed by atoms with E-state index in [9.17, 15) is 22.8 Å². The van der Waals surface area contributed by atoms with Crippen LogP contribution < -0.4 is 15.4 Å². The molecule has 0 aliphatic carbocycles. The van der Waals surface area contributed by atoms with Gasteiger partial charge < -0.3 is 15.4 Å². The number of halogens is 3. The molecule has 3 rings (SSSR count). The maximum atomic E-state index is 12.2. The van der Waals surface area contributed by atoms with Crippen molar-refractivity contribution in [3.05, 3.63) is 78.5 Å². The van der Waals surface area contributed by atoms with Crippen molar-refractivity contribution >= 4 is 17.5 Å². The van der Waals surface area contributed by atoms with Gasteiger partial charge in [-0.2, -0.15) is 13.2 Å². The Morgan fingerprint density at radius 2 is 1.58 bits per heavy atom. The van der Waals surface area contributed by atoms with Gasteiger partial charge in [-0.05, 0) is 29.3 Å². The van der Waals surface area contributed by atoms with Crippen molar-refractivity contribution in [2.24, 2.45) is 0 Å². The largest absolute Gasteiger partial charge is 0.468 e. The van der Waals surface area contributed by atoms with E-state index in [0.29, 0.717) is 5.56 Å². The predicted molar refractivity (Wildman–Crippen MR) is 109 cm³/mol. The summed E-state index contributed by atoms with van der Waals surface area (Å²) in [6.45, 7) is -1.74. The molecule has 2 N–H and O–H groups in total. The van der Waals surface area contributed by atoms with Crippen LogP contribution in [0.4, 0.5) is 18.9 Å². The predicted octanol–water partition coefficient (Wildman–Crippen LogP) is 4.06. The monoisotopic (exact) mass is 429 g/mol. The summed E-state index contributed by atoms with van der Waals surface area (Å²) >= 11 is 0. The molecule has 0 aliphatic heterocycles. The number of alkyl halides is 3. The molecule has 0 unspecified atom stereocenters. The average molecular weight is 429 g/mol. The van der Waals surface area contributed by atoms with Crippen LogP contribution in [0.3, 0.4) is 0 Å². The fourth-order valence-corrected chi connectivity index (χ4v) is 2.61. The number of nitrogens with one attached hydrogen (secondary N) is 2. The van der Waals surface area contributed by atoms with Gasteiger partial charge in [-0.25, -0.2) is 4.98 Å². The van der Waals surface area contributed by atoms with Crippen LogP contribution in [-0.4, -0.2) is 36.1 Å². The summed E-state index contributed by atoms with van der Waals surface area (Å²) in [5, 5.41) is 4.99. The summed E-state index contributed by atoms with van der Waals surface area (Å²) in [5.41, 5.74) is 2.65. The SMILES string of the molecule is O=C(CNC(=O)c1ccc(-c2ccccc2)cc1)Nc1ccc(OCC(F)(F)F)nc1. The summed E-state index contributed by atoms with van der Waals surface area (Å²) in [7, 11) is 0. The molecule has 2 aromatic carbocycles. The van der Waals surface area contributed by atoms with E-state index in [-0.39, 0.29) is 18.1 Å². The van der Waals surface area contributed by atoms with Crippen LogP contribution in [0, 0.1) is 0 Å². The number of carbonyl (C=O) groups excluding carboxylic acids is 2. The third kappa shape index (κ3) is 6.84. The van der Waals surface area contributed by atoms with Crippen LogP contribution in [0.25, 0.3) is 11.1 Å². The Kier molecular flexibility index (Phi) is 6.86. The van der Waals surface area contributed by atoms with Crippen molar-refractivity contribution < 1.29 is 27.5 Å². The average Bonchev–Trinajstić information content (AvgIpc) is 2.77. The quantitative estimate of drug-likeness (QED) is 0.594. The van der Waals surface area contributed by atoms with Gasteiger partial charge in [-0.3, -0.25) is 9.59 Å².